The van der Waals surface area contributed by atoms with Crippen LogP contribution in [0.3, 0.4) is 0 Å². The zero-order valence-corrected chi connectivity index (χ0v) is 16.4. The molecule has 0 amide bonds. The molecule has 4 nitrogen and oxygen atoms in total. The SMILES string of the molecule is CC(C)(C)[Si](OC[C@H](N)C(=O)[O-])(c1ccccc1)c1ccccc1.[Li+]. The van der Waals surface area contributed by atoms with Crippen molar-refractivity contribution in [2.24, 2.45) is 5.73 Å². The second kappa shape index (κ2) is 8.84. The summed E-state index contributed by atoms with van der Waals surface area (Å²) in [6.45, 7) is 6.31. The van der Waals surface area contributed by atoms with Crippen LogP contribution < -0.4 is 40.1 Å². The second-order valence-electron chi connectivity index (χ2n) is 6.90. The van der Waals surface area contributed by atoms with Crippen LogP contribution in [0, 0.1) is 0 Å². The number of carbonyl (C=O) groups is 1. The predicted molar refractivity (Wildman–Crippen MR) is 96.6 cm³/mol. The van der Waals surface area contributed by atoms with Gasteiger partial charge in [0.2, 0.25) is 0 Å². The van der Waals surface area contributed by atoms with Gasteiger partial charge >= 0.3 is 18.9 Å². The van der Waals surface area contributed by atoms with Gasteiger partial charge in [0, 0.05) is 0 Å². The Balaban J connectivity index is 0.00000312. The summed E-state index contributed by atoms with van der Waals surface area (Å²) in [4.78, 5) is 11.0. The van der Waals surface area contributed by atoms with Gasteiger partial charge in [0.05, 0.1) is 18.6 Å². The first kappa shape index (κ1) is 21.7. The summed E-state index contributed by atoms with van der Waals surface area (Å²) in [5, 5.41) is 13.0. The van der Waals surface area contributed by atoms with E-state index < -0.39 is 20.3 Å². The van der Waals surface area contributed by atoms with Crippen LogP contribution in [0.5, 0.6) is 0 Å². The Labute approximate surface area is 162 Å². The van der Waals surface area contributed by atoms with Crippen LogP contribution in [0.15, 0.2) is 60.7 Å². The van der Waals surface area contributed by atoms with Crippen LogP contribution in [0.25, 0.3) is 0 Å². The zero-order chi connectivity index (χ0) is 17.8. The molecule has 2 aromatic carbocycles. The van der Waals surface area contributed by atoms with Crippen LogP contribution in [-0.4, -0.2) is 26.9 Å². The molecule has 0 aliphatic rings. The summed E-state index contributed by atoms with van der Waals surface area (Å²) >= 11 is 0. The Kier molecular flexibility index (Phi) is 7.67. The van der Waals surface area contributed by atoms with Crippen molar-refractivity contribution < 1.29 is 33.2 Å². The number of hydrogen-bond acceptors (Lipinski definition) is 4. The summed E-state index contributed by atoms with van der Waals surface area (Å²) in [5.41, 5.74) is 5.66. The molecule has 128 valence electrons. The van der Waals surface area contributed by atoms with E-state index in [-0.39, 0.29) is 30.5 Å². The summed E-state index contributed by atoms with van der Waals surface area (Å²) in [6.07, 6.45) is 0. The van der Waals surface area contributed by atoms with Gasteiger partial charge in [0.1, 0.15) is 0 Å². The maximum atomic E-state index is 11.0. The number of hydrogen-bond donors (Lipinski definition) is 1. The molecule has 0 bridgehead atoms. The molecule has 1 atom stereocenters. The van der Waals surface area contributed by atoms with Crippen molar-refractivity contribution >= 4 is 24.7 Å². The number of carboxylic acid groups (broad SMARTS) is 1. The normalized spacial score (nSPS) is 13.0. The van der Waals surface area contributed by atoms with Crippen molar-refractivity contribution in [3.8, 4) is 0 Å². The molecule has 2 N–H and O–H groups in total. The van der Waals surface area contributed by atoms with Crippen molar-refractivity contribution in [3.05, 3.63) is 60.7 Å². The van der Waals surface area contributed by atoms with E-state index in [1.807, 2.05) is 36.4 Å². The zero-order valence-electron chi connectivity index (χ0n) is 15.4. The van der Waals surface area contributed by atoms with Gasteiger partial charge in [-0.15, -0.1) is 0 Å². The van der Waals surface area contributed by atoms with E-state index in [4.69, 9.17) is 10.2 Å². The number of carboxylic acids is 1. The van der Waals surface area contributed by atoms with E-state index in [9.17, 15) is 9.90 Å². The Hall–Kier alpha value is -1.36. The number of carbonyl (C=O) groups excluding carboxylic acids is 1. The van der Waals surface area contributed by atoms with Gasteiger partial charge in [0.15, 0.2) is 0 Å². The van der Waals surface area contributed by atoms with Crippen LogP contribution in [0.2, 0.25) is 5.04 Å². The quantitative estimate of drug-likeness (QED) is 0.593. The largest absolute Gasteiger partial charge is 1.00 e. The van der Waals surface area contributed by atoms with Crippen molar-refractivity contribution in [2.75, 3.05) is 6.61 Å². The average Bonchev–Trinajstić information content (AvgIpc) is 2.56. The maximum absolute atomic E-state index is 11.0. The molecule has 2 rings (SSSR count). The van der Waals surface area contributed by atoms with Crippen LogP contribution in [0.1, 0.15) is 20.8 Å². The first-order valence-corrected chi connectivity index (χ1v) is 9.91. The molecular weight excluding hydrogens is 325 g/mol. The molecule has 0 aliphatic carbocycles. The topological polar surface area (TPSA) is 75.4 Å². The summed E-state index contributed by atoms with van der Waals surface area (Å²) in [5.74, 6) is -1.30. The predicted octanol–water partition coefficient (Wildman–Crippen LogP) is -2.36. The van der Waals surface area contributed by atoms with Crippen LogP contribution in [-0.2, 0) is 9.22 Å². The number of nitrogens with two attached hydrogens (primary N) is 1. The number of benzene rings is 2. The molecule has 0 fully saturated rings. The third-order valence-electron chi connectivity index (χ3n) is 4.20. The van der Waals surface area contributed by atoms with E-state index in [0.29, 0.717) is 0 Å². The number of aliphatic carboxylic acids is 1. The summed E-state index contributed by atoms with van der Waals surface area (Å²) < 4.78 is 6.38. The van der Waals surface area contributed by atoms with E-state index in [0.717, 1.165) is 10.4 Å². The van der Waals surface area contributed by atoms with Crippen molar-refractivity contribution in [2.45, 2.75) is 31.9 Å². The first-order valence-electron chi connectivity index (χ1n) is 8.00. The van der Waals surface area contributed by atoms with Gasteiger partial charge < -0.3 is 20.1 Å². The molecule has 0 aromatic heterocycles. The number of rotatable bonds is 6. The van der Waals surface area contributed by atoms with Crippen molar-refractivity contribution in [1.29, 1.82) is 0 Å². The minimum absolute atomic E-state index is 0. The van der Waals surface area contributed by atoms with Gasteiger partial charge in [-0.1, -0.05) is 81.4 Å². The third kappa shape index (κ3) is 4.63. The van der Waals surface area contributed by atoms with Gasteiger partial charge in [-0.05, 0) is 15.4 Å². The van der Waals surface area contributed by atoms with E-state index in [1.165, 1.54) is 0 Å². The Bertz CT molecular complexity index is 635. The molecule has 0 radical (unpaired) electrons. The fraction of sp³-hybridized carbons (Fsp3) is 0.316. The monoisotopic (exact) mass is 349 g/mol. The Morgan fingerprint density at radius 1 is 1.04 bits per heavy atom. The van der Waals surface area contributed by atoms with Crippen LogP contribution in [0.4, 0.5) is 0 Å². The Morgan fingerprint density at radius 2 is 1.44 bits per heavy atom. The minimum Gasteiger partial charge on any atom is -0.548 e. The van der Waals surface area contributed by atoms with Gasteiger partial charge in [0.25, 0.3) is 8.32 Å². The average molecular weight is 349 g/mol. The van der Waals surface area contributed by atoms with Crippen LogP contribution >= 0.6 is 0 Å². The molecule has 6 heteroatoms. The molecule has 0 saturated carbocycles. The van der Waals surface area contributed by atoms with Crippen molar-refractivity contribution in [3.63, 3.8) is 0 Å². The molecule has 0 heterocycles. The summed E-state index contributed by atoms with van der Waals surface area (Å²) in [7, 11) is -2.73. The maximum Gasteiger partial charge on any atom is 1.00 e. The molecule has 0 spiro atoms. The fourth-order valence-corrected chi connectivity index (χ4v) is 7.63. The molecule has 2 aromatic rings. The fourth-order valence-electron chi connectivity index (χ4n) is 3.04. The third-order valence-corrected chi connectivity index (χ3v) is 9.20. The molecule has 25 heavy (non-hydrogen) atoms. The second-order valence-corrected chi connectivity index (χ2v) is 11.2. The van der Waals surface area contributed by atoms with E-state index in [1.54, 1.807) is 0 Å². The minimum atomic E-state index is -2.73. The molecule has 0 unspecified atom stereocenters. The van der Waals surface area contributed by atoms with Crippen molar-refractivity contribution in [1.82, 2.24) is 0 Å². The standard InChI is InChI=1S/C19H25NO3Si.Li/c1-19(2,3)24(15-10-6-4-7-11-15,16-12-8-5-9-13-16)23-14-17(20)18(21)22;/h4-13,17H,14,20H2,1-3H3,(H,21,22);/q;+1/p-1/t17-;/m0./s1. The van der Waals surface area contributed by atoms with E-state index >= 15 is 0 Å². The first-order chi connectivity index (χ1) is 11.3. The summed E-state index contributed by atoms with van der Waals surface area (Å²) in [6, 6.07) is 18.9. The Morgan fingerprint density at radius 3 is 1.76 bits per heavy atom. The van der Waals surface area contributed by atoms with Gasteiger partial charge in [-0.2, -0.15) is 0 Å². The molecular formula is C19H24LiNO3Si. The van der Waals surface area contributed by atoms with Gasteiger partial charge in [-0.25, -0.2) is 0 Å². The smallest absolute Gasteiger partial charge is 0.548 e. The van der Waals surface area contributed by atoms with Gasteiger partial charge in [-0.3, -0.25) is 0 Å². The van der Waals surface area contributed by atoms with E-state index in [2.05, 4.69) is 45.0 Å². The molecule has 0 saturated heterocycles. The molecule has 0 aliphatic heterocycles.